The average Bonchev–Trinajstić information content (AvgIpc) is 2.99. The molecule has 5 heteroatoms. The minimum Gasteiger partial charge on any atom is -0.340 e. The summed E-state index contributed by atoms with van der Waals surface area (Å²) in [6.45, 7) is 0. The molecule has 0 fully saturated rings. The summed E-state index contributed by atoms with van der Waals surface area (Å²) in [7, 11) is 0. The van der Waals surface area contributed by atoms with Crippen molar-refractivity contribution in [2.75, 3.05) is 5.32 Å². The predicted molar refractivity (Wildman–Crippen MR) is 86.8 cm³/mol. The van der Waals surface area contributed by atoms with Crippen molar-refractivity contribution in [3.8, 4) is 11.1 Å². The van der Waals surface area contributed by atoms with Crippen LogP contribution < -0.4 is 5.32 Å². The van der Waals surface area contributed by atoms with Gasteiger partial charge in [0.05, 0.1) is 5.39 Å². The summed E-state index contributed by atoms with van der Waals surface area (Å²) in [5.74, 6) is 0.833. The predicted octanol–water partition coefficient (Wildman–Crippen LogP) is 3.76. The monoisotopic (exact) mass is 287 g/mol. The smallest absolute Gasteiger partial charge is 0.183 e. The Bertz CT molecular complexity index is 900. The second-order valence-corrected chi connectivity index (χ2v) is 4.93. The van der Waals surface area contributed by atoms with Gasteiger partial charge in [-0.25, -0.2) is 4.98 Å². The number of benzene rings is 1. The van der Waals surface area contributed by atoms with Crippen LogP contribution in [0.3, 0.4) is 0 Å². The van der Waals surface area contributed by atoms with Gasteiger partial charge in [-0.1, -0.05) is 24.3 Å². The van der Waals surface area contributed by atoms with E-state index in [0.717, 1.165) is 28.0 Å². The van der Waals surface area contributed by atoms with Crippen LogP contribution in [0.5, 0.6) is 0 Å². The van der Waals surface area contributed by atoms with E-state index < -0.39 is 0 Å². The number of fused-ring (bicyclic) bond motifs is 1. The molecule has 0 spiro atoms. The third kappa shape index (κ3) is 2.29. The molecule has 0 unspecified atom stereocenters. The molecule has 2 N–H and O–H groups in total. The maximum absolute atomic E-state index is 4.41. The second kappa shape index (κ2) is 5.29. The molecular formula is C17H13N5. The standard InChI is InChI=1S/C17H13N5/c1-2-6-14(7-3-1)20-17-15-9-13(11-19-16(15)21-22-17)12-5-4-8-18-10-12/h1-11H,(H2,19,20,21,22). The molecule has 0 bridgehead atoms. The van der Waals surface area contributed by atoms with Gasteiger partial charge in [0.15, 0.2) is 5.65 Å². The van der Waals surface area contributed by atoms with Crippen LogP contribution in [0.2, 0.25) is 0 Å². The Labute approximate surface area is 127 Å². The van der Waals surface area contributed by atoms with Gasteiger partial charge in [0.25, 0.3) is 0 Å². The number of pyridine rings is 2. The van der Waals surface area contributed by atoms with Crippen molar-refractivity contribution in [1.82, 2.24) is 20.2 Å². The van der Waals surface area contributed by atoms with Gasteiger partial charge < -0.3 is 5.32 Å². The summed E-state index contributed by atoms with van der Waals surface area (Å²) in [6, 6.07) is 16.0. The van der Waals surface area contributed by atoms with E-state index >= 15 is 0 Å². The van der Waals surface area contributed by atoms with E-state index in [4.69, 9.17) is 0 Å². The summed E-state index contributed by atoms with van der Waals surface area (Å²) < 4.78 is 0. The lowest BCUT2D eigenvalue weighted by molar-refractivity contribution is 1.10. The molecule has 0 saturated carbocycles. The number of anilines is 2. The van der Waals surface area contributed by atoms with Crippen LogP contribution in [0.1, 0.15) is 0 Å². The zero-order valence-electron chi connectivity index (χ0n) is 11.7. The van der Waals surface area contributed by atoms with Crippen LogP contribution in [-0.4, -0.2) is 20.2 Å². The fourth-order valence-corrected chi connectivity index (χ4v) is 2.35. The van der Waals surface area contributed by atoms with E-state index in [1.807, 2.05) is 54.9 Å². The molecule has 5 nitrogen and oxygen atoms in total. The minimum atomic E-state index is 0.686. The van der Waals surface area contributed by atoms with Gasteiger partial charge in [-0.05, 0) is 24.3 Å². The Morgan fingerprint density at radius 2 is 1.82 bits per heavy atom. The van der Waals surface area contributed by atoms with Crippen LogP contribution in [0, 0.1) is 0 Å². The molecule has 22 heavy (non-hydrogen) atoms. The topological polar surface area (TPSA) is 66.5 Å². The Hall–Kier alpha value is -3.21. The number of para-hydroxylation sites is 1. The number of nitrogens with one attached hydrogen (secondary N) is 2. The number of nitrogens with zero attached hydrogens (tertiary/aromatic N) is 3. The summed E-state index contributed by atoms with van der Waals surface area (Å²) in [5.41, 5.74) is 3.73. The molecule has 0 atom stereocenters. The van der Waals surface area contributed by atoms with E-state index in [2.05, 4.69) is 31.5 Å². The number of hydrogen-bond acceptors (Lipinski definition) is 4. The first-order chi connectivity index (χ1) is 10.9. The molecule has 0 saturated heterocycles. The third-order valence-corrected chi connectivity index (χ3v) is 3.45. The molecule has 106 valence electrons. The average molecular weight is 287 g/mol. The van der Waals surface area contributed by atoms with E-state index in [9.17, 15) is 0 Å². The first kappa shape index (κ1) is 12.5. The summed E-state index contributed by atoms with van der Waals surface area (Å²) in [5, 5.41) is 11.5. The summed E-state index contributed by atoms with van der Waals surface area (Å²) >= 11 is 0. The van der Waals surface area contributed by atoms with Crippen LogP contribution in [-0.2, 0) is 0 Å². The van der Waals surface area contributed by atoms with Crippen molar-refractivity contribution in [3.63, 3.8) is 0 Å². The number of aromatic nitrogens is 4. The van der Waals surface area contributed by atoms with Crippen molar-refractivity contribution in [3.05, 3.63) is 67.1 Å². The highest BCUT2D eigenvalue weighted by Gasteiger charge is 2.08. The second-order valence-electron chi connectivity index (χ2n) is 4.93. The van der Waals surface area contributed by atoms with E-state index in [-0.39, 0.29) is 0 Å². The lowest BCUT2D eigenvalue weighted by Crippen LogP contribution is -1.90. The molecule has 0 radical (unpaired) electrons. The molecule has 3 heterocycles. The highest BCUT2D eigenvalue weighted by molar-refractivity contribution is 5.91. The van der Waals surface area contributed by atoms with Crippen LogP contribution in [0.25, 0.3) is 22.2 Å². The molecule has 3 aromatic heterocycles. The first-order valence-electron chi connectivity index (χ1n) is 6.97. The van der Waals surface area contributed by atoms with E-state index in [1.54, 1.807) is 6.20 Å². The molecule has 4 rings (SSSR count). The molecule has 1 aromatic carbocycles. The quantitative estimate of drug-likeness (QED) is 0.602. The van der Waals surface area contributed by atoms with Crippen molar-refractivity contribution in [2.24, 2.45) is 0 Å². The highest BCUT2D eigenvalue weighted by Crippen LogP contribution is 2.27. The molecule has 0 aliphatic carbocycles. The van der Waals surface area contributed by atoms with E-state index in [0.29, 0.717) is 5.65 Å². The van der Waals surface area contributed by atoms with Gasteiger partial charge >= 0.3 is 0 Å². The summed E-state index contributed by atoms with van der Waals surface area (Å²) in [6.07, 6.45) is 5.40. The van der Waals surface area contributed by atoms with Crippen molar-refractivity contribution < 1.29 is 0 Å². The zero-order chi connectivity index (χ0) is 14.8. The van der Waals surface area contributed by atoms with Crippen molar-refractivity contribution >= 4 is 22.5 Å². The van der Waals surface area contributed by atoms with Gasteiger partial charge in [0, 0.05) is 35.4 Å². The fraction of sp³-hybridized carbons (Fsp3) is 0. The Balaban J connectivity index is 1.77. The Morgan fingerprint density at radius 3 is 2.64 bits per heavy atom. The molecule has 0 aliphatic rings. The lowest BCUT2D eigenvalue weighted by atomic mass is 10.1. The van der Waals surface area contributed by atoms with Gasteiger partial charge in [-0.15, -0.1) is 0 Å². The largest absolute Gasteiger partial charge is 0.340 e. The molecular weight excluding hydrogens is 274 g/mol. The van der Waals surface area contributed by atoms with Crippen LogP contribution in [0.15, 0.2) is 67.1 Å². The normalized spacial score (nSPS) is 10.7. The van der Waals surface area contributed by atoms with Gasteiger partial charge in [0.2, 0.25) is 0 Å². The zero-order valence-corrected chi connectivity index (χ0v) is 11.7. The maximum atomic E-state index is 4.41. The number of hydrogen-bond donors (Lipinski definition) is 2. The SMILES string of the molecule is c1ccc(Nc2[nH]nc3ncc(-c4cccnc4)cc23)cc1. The first-order valence-corrected chi connectivity index (χ1v) is 6.97. The Kier molecular flexibility index (Phi) is 3.01. The molecule has 0 amide bonds. The highest BCUT2D eigenvalue weighted by atomic mass is 15.2. The maximum Gasteiger partial charge on any atom is 0.183 e. The van der Waals surface area contributed by atoms with Crippen LogP contribution in [0.4, 0.5) is 11.5 Å². The number of H-pyrrole nitrogens is 1. The van der Waals surface area contributed by atoms with Crippen molar-refractivity contribution in [2.45, 2.75) is 0 Å². The fourth-order valence-electron chi connectivity index (χ4n) is 2.35. The number of rotatable bonds is 3. The number of aromatic amines is 1. The summed E-state index contributed by atoms with van der Waals surface area (Å²) in [4.78, 5) is 8.56. The minimum absolute atomic E-state index is 0.686. The molecule has 0 aliphatic heterocycles. The molecule has 4 aromatic rings. The third-order valence-electron chi connectivity index (χ3n) is 3.45. The lowest BCUT2D eigenvalue weighted by Gasteiger charge is -2.04. The van der Waals surface area contributed by atoms with Gasteiger partial charge in [0.1, 0.15) is 5.82 Å². The van der Waals surface area contributed by atoms with E-state index in [1.165, 1.54) is 0 Å². The van der Waals surface area contributed by atoms with Crippen LogP contribution >= 0.6 is 0 Å². The van der Waals surface area contributed by atoms with Gasteiger partial charge in [-0.3, -0.25) is 10.1 Å². The Morgan fingerprint density at radius 1 is 0.909 bits per heavy atom. The van der Waals surface area contributed by atoms with Crippen molar-refractivity contribution in [1.29, 1.82) is 0 Å². The van der Waals surface area contributed by atoms with Gasteiger partial charge in [-0.2, -0.15) is 5.10 Å².